The Hall–Kier alpha value is -4.46. The third kappa shape index (κ3) is 15.1. The van der Waals surface area contributed by atoms with Crippen LogP contribution < -0.4 is 20.8 Å². The Balaban J connectivity index is 2.12. The summed E-state index contributed by atoms with van der Waals surface area (Å²) in [4.78, 5) is 74.8. The number of ether oxygens (including phenoxy) is 2. The zero-order chi connectivity index (χ0) is 40.2. The van der Waals surface area contributed by atoms with Crippen LogP contribution in [0.4, 0.5) is 0 Å². The maximum Gasteiger partial charge on any atom is 0.325 e. The van der Waals surface area contributed by atoms with Gasteiger partial charge in [-0.25, -0.2) is 5.43 Å². The Bertz CT molecular complexity index is 1490. The summed E-state index contributed by atoms with van der Waals surface area (Å²) in [5.41, 5.74) is 4.36. The molecule has 0 radical (unpaired) electrons. The monoisotopic (exact) mass is 752 g/mol. The second kappa shape index (κ2) is 24.0. The number of hydrazine groups is 1. The molecule has 0 bridgehead atoms. The largest absolute Gasteiger partial charge is 0.497 e. The van der Waals surface area contributed by atoms with E-state index in [9.17, 15) is 33.9 Å². The summed E-state index contributed by atoms with van der Waals surface area (Å²) < 4.78 is 11.2. The minimum absolute atomic E-state index is 0.0274. The van der Waals surface area contributed by atoms with Crippen LogP contribution in [0.3, 0.4) is 0 Å². The van der Waals surface area contributed by atoms with Crippen molar-refractivity contribution in [1.82, 2.24) is 21.1 Å². The zero-order valence-electron chi connectivity index (χ0n) is 32.8. The predicted octanol–water partition coefficient (Wildman–Crippen LogP) is 3.59. The number of carbonyl (C=O) groups excluding carboxylic acids is 6. The third-order valence-electron chi connectivity index (χ3n) is 9.55. The average molecular weight is 753 g/mol. The SMILES string of the molecule is CNC(C(=O)NC(Cc1cccc(OC)c1)C(=O)N1CCCC(C(=O)O[C@@H](C/C=C/C=C/CC(C)C(O)C(C=O)CCC(C)=O)/C(C)=C/C=O)N1)C(C)C. The first-order valence-electron chi connectivity index (χ1n) is 18.7. The fraction of sp³-hybridized carbons (Fsp3) is 0.561. The molecule has 1 aromatic rings. The van der Waals surface area contributed by atoms with Crippen molar-refractivity contribution < 1.29 is 43.3 Å². The number of rotatable bonds is 23. The average Bonchev–Trinajstić information content (AvgIpc) is 3.15. The van der Waals surface area contributed by atoms with Crippen LogP contribution in [0.1, 0.15) is 78.7 Å². The van der Waals surface area contributed by atoms with Crippen molar-refractivity contribution >= 4 is 36.1 Å². The van der Waals surface area contributed by atoms with Gasteiger partial charge in [0, 0.05) is 31.7 Å². The molecule has 298 valence electrons. The Morgan fingerprint density at radius 3 is 2.39 bits per heavy atom. The van der Waals surface area contributed by atoms with Gasteiger partial charge in [0.1, 0.15) is 42.3 Å². The molecule has 0 saturated carbocycles. The first kappa shape index (κ1) is 45.7. The number of benzene rings is 1. The number of aldehydes is 2. The van der Waals surface area contributed by atoms with Crippen LogP contribution in [0.2, 0.25) is 0 Å². The summed E-state index contributed by atoms with van der Waals surface area (Å²) in [6.45, 7) is 9.13. The number of hydrogen-bond acceptors (Lipinski definition) is 11. The number of aliphatic hydroxyl groups excluding tert-OH is 1. The minimum atomic E-state index is -0.936. The van der Waals surface area contributed by atoms with E-state index in [0.29, 0.717) is 56.1 Å². The molecule has 0 spiro atoms. The number of Topliss-reactive ketones (excluding diaryl/α,β-unsaturated/α-hetero) is 1. The molecule has 4 N–H and O–H groups in total. The van der Waals surface area contributed by atoms with Crippen molar-refractivity contribution in [3.8, 4) is 5.75 Å². The number of nitrogens with one attached hydrogen (secondary N) is 3. The Kier molecular flexibility index (Phi) is 20.4. The molecule has 1 aliphatic rings. The second-order valence-corrected chi connectivity index (χ2v) is 14.2. The fourth-order valence-corrected chi connectivity index (χ4v) is 6.23. The van der Waals surface area contributed by atoms with Crippen LogP contribution in [-0.2, 0) is 39.9 Å². The number of amides is 2. The number of methoxy groups -OCH3 is 1. The Morgan fingerprint density at radius 1 is 1.07 bits per heavy atom. The number of hydrogen-bond donors (Lipinski definition) is 4. The van der Waals surface area contributed by atoms with Gasteiger partial charge in [-0.3, -0.25) is 24.2 Å². The number of ketones is 1. The maximum atomic E-state index is 14.0. The van der Waals surface area contributed by atoms with Crippen LogP contribution in [0, 0.1) is 17.8 Å². The Labute approximate surface area is 319 Å². The van der Waals surface area contributed by atoms with E-state index in [4.69, 9.17) is 9.47 Å². The lowest BCUT2D eigenvalue weighted by atomic mass is 9.87. The number of likely N-dealkylation sites (N-methyl/N-ethyl adjacent to an activating group) is 1. The quantitative estimate of drug-likeness (QED) is 0.0556. The van der Waals surface area contributed by atoms with Gasteiger partial charge in [0.05, 0.1) is 19.3 Å². The van der Waals surface area contributed by atoms with Crippen molar-refractivity contribution in [2.45, 2.75) is 110 Å². The lowest BCUT2D eigenvalue weighted by molar-refractivity contribution is -0.156. The molecule has 54 heavy (non-hydrogen) atoms. The smallest absolute Gasteiger partial charge is 0.325 e. The molecule has 0 aliphatic carbocycles. The van der Waals surface area contributed by atoms with Gasteiger partial charge in [0.15, 0.2) is 0 Å². The van der Waals surface area contributed by atoms with Crippen LogP contribution in [0.15, 0.2) is 60.2 Å². The summed E-state index contributed by atoms with van der Waals surface area (Å²) >= 11 is 0. The zero-order valence-corrected chi connectivity index (χ0v) is 32.8. The highest BCUT2D eigenvalue weighted by Crippen LogP contribution is 2.21. The van der Waals surface area contributed by atoms with Gasteiger partial charge in [-0.15, -0.1) is 0 Å². The van der Waals surface area contributed by atoms with Gasteiger partial charge in [-0.1, -0.05) is 57.2 Å². The van der Waals surface area contributed by atoms with Crippen molar-refractivity contribution in [3.63, 3.8) is 0 Å². The topological polar surface area (TPSA) is 180 Å². The molecule has 1 aliphatic heterocycles. The molecular weight excluding hydrogens is 692 g/mol. The van der Waals surface area contributed by atoms with Crippen molar-refractivity contribution in [3.05, 3.63) is 65.8 Å². The van der Waals surface area contributed by atoms with Crippen LogP contribution in [0.5, 0.6) is 5.75 Å². The first-order chi connectivity index (χ1) is 25.8. The number of aliphatic hydroxyl groups is 1. The van der Waals surface area contributed by atoms with E-state index >= 15 is 0 Å². The number of allylic oxidation sites excluding steroid dienone is 4. The summed E-state index contributed by atoms with van der Waals surface area (Å²) in [5, 5.41) is 17.9. The predicted molar refractivity (Wildman–Crippen MR) is 206 cm³/mol. The molecule has 13 nitrogen and oxygen atoms in total. The van der Waals surface area contributed by atoms with Gasteiger partial charge in [0.25, 0.3) is 5.91 Å². The van der Waals surface area contributed by atoms with E-state index in [2.05, 4.69) is 16.1 Å². The van der Waals surface area contributed by atoms with E-state index < -0.39 is 48.1 Å². The van der Waals surface area contributed by atoms with Crippen molar-refractivity contribution in [2.24, 2.45) is 17.8 Å². The molecule has 2 rings (SSSR count). The summed E-state index contributed by atoms with van der Waals surface area (Å²) in [5.74, 6) is -1.55. The molecule has 13 heteroatoms. The van der Waals surface area contributed by atoms with Gasteiger partial charge in [-0.2, -0.15) is 0 Å². The van der Waals surface area contributed by atoms with Gasteiger partial charge < -0.3 is 34.8 Å². The van der Waals surface area contributed by atoms with Crippen LogP contribution in [-0.4, -0.2) is 97.3 Å². The van der Waals surface area contributed by atoms with Crippen LogP contribution >= 0.6 is 0 Å². The number of esters is 1. The molecule has 1 heterocycles. The lowest BCUT2D eigenvalue weighted by Gasteiger charge is -2.36. The standard InChI is InChI=1S/C41H60N4O9/c1-27(2)37(42-6)39(50)43-35(25-31-15-12-16-33(24-31)53-7)40(51)45-22-13-17-34(44-45)41(52)54-36(28(3)21-23-46)18-11-9-8-10-14-29(4)38(49)32(26-47)20-19-30(5)48/h8-12,15-16,21,23-24,26-27,29,32,34-38,42,44,49H,13-14,17-20,22,25H2,1-7H3,(H,43,50)/b10-8+,11-9+,28-21+/t29?,32?,34?,35?,36-,37?,38?/m0/s1. The highest BCUT2D eigenvalue weighted by Gasteiger charge is 2.35. The van der Waals surface area contributed by atoms with E-state index in [1.807, 2.05) is 45.0 Å². The fourth-order valence-electron chi connectivity index (χ4n) is 6.23. The van der Waals surface area contributed by atoms with E-state index in [-0.39, 0.29) is 42.8 Å². The maximum absolute atomic E-state index is 14.0. The van der Waals surface area contributed by atoms with Gasteiger partial charge in [-0.05, 0) is 87.8 Å². The molecule has 1 aromatic carbocycles. The molecule has 2 amide bonds. The molecule has 7 atom stereocenters. The molecule has 1 saturated heterocycles. The van der Waals surface area contributed by atoms with Gasteiger partial charge in [0.2, 0.25) is 5.91 Å². The van der Waals surface area contributed by atoms with Crippen molar-refractivity contribution in [2.75, 3.05) is 20.7 Å². The highest BCUT2D eigenvalue weighted by atomic mass is 16.5. The third-order valence-corrected chi connectivity index (χ3v) is 9.55. The minimum Gasteiger partial charge on any atom is -0.497 e. The highest BCUT2D eigenvalue weighted by molar-refractivity contribution is 5.90. The number of carbonyl (C=O) groups is 6. The van der Waals surface area contributed by atoms with E-state index in [0.717, 1.165) is 5.56 Å². The molecule has 0 aromatic heterocycles. The van der Waals surface area contributed by atoms with E-state index in [1.54, 1.807) is 45.4 Å². The van der Waals surface area contributed by atoms with E-state index in [1.165, 1.54) is 18.0 Å². The van der Waals surface area contributed by atoms with Crippen LogP contribution in [0.25, 0.3) is 0 Å². The first-order valence-corrected chi connectivity index (χ1v) is 18.7. The number of nitrogens with zero attached hydrogens (tertiary/aromatic N) is 1. The van der Waals surface area contributed by atoms with Gasteiger partial charge >= 0.3 is 5.97 Å². The molecule has 1 fully saturated rings. The molecule has 6 unspecified atom stereocenters. The second-order valence-electron chi connectivity index (χ2n) is 14.2. The summed E-state index contributed by atoms with van der Waals surface area (Å²) in [6.07, 6.45) is 10.7. The lowest BCUT2D eigenvalue weighted by Crippen LogP contribution is -2.61. The molecular formula is C41H60N4O9. The van der Waals surface area contributed by atoms with Crippen molar-refractivity contribution in [1.29, 1.82) is 0 Å². The normalized spacial score (nSPS) is 18.4. The summed E-state index contributed by atoms with van der Waals surface area (Å²) in [6, 6.07) is 4.97. The summed E-state index contributed by atoms with van der Waals surface area (Å²) in [7, 11) is 3.25. The Morgan fingerprint density at radius 2 is 1.78 bits per heavy atom.